The fraction of sp³-hybridized carbons (Fsp3) is 0.538. The van der Waals surface area contributed by atoms with Crippen molar-refractivity contribution in [2.75, 3.05) is 24.3 Å². The first-order chi connectivity index (χ1) is 8.22. The zero-order chi connectivity index (χ0) is 12.7. The fourth-order valence-electron chi connectivity index (χ4n) is 1.71. The van der Waals surface area contributed by atoms with Gasteiger partial charge in [-0.2, -0.15) is 0 Å². The predicted molar refractivity (Wildman–Crippen MR) is 71.4 cm³/mol. The molecular formula is C13H22N2O2. The maximum Gasteiger partial charge on any atom is 0.144 e. The predicted octanol–water partition coefficient (Wildman–Crippen LogP) is 2.24. The van der Waals surface area contributed by atoms with Gasteiger partial charge in [0, 0.05) is 12.6 Å². The number of hydrogen-bond donors (Lipinski definition) is 3. The van der Waals surface area contributed by atoms with E-state index in [0.29, 0.717) is 18.0 Å². The van der Waals surface area contributed by atoms with Crippen molar-refractivity contribution >= 4 is 11.4 Å². The molecule has 0 fully saturated rings. The number of nitrogens with two attached hydrogens (primary N) is 1. The van der Waals surface area contributed by atoms with Gasteiger partial charge in [-0.3, -0.25) is 0 Å². The minimum absolute atomic E-state index is 0.177. The van der Waals surface area contributed by atoms with E-state index in [4.69, 9.17) is 15.6 Å². The summed E-state index contributed by atoms with van der Waals surface area (Å²) in [5, 5.41) is 12.3. The molecule has 0 aromatic heterocycles. The van der Waals surface area contributed by atoms with Crippen molar-refractivity contribution < 1.29 is 9.84 Å². The monoisotopic (exact) mass is 238 g/mol. The molecule has 4 N–H and O–H groups in total. The number of para-hydroxylation sites is 1. The van der Waals surface area contributed by atoms with Crippen molar-refractivity contribution in [3.05, 3.63) is 18.2 Å². The van der Waals surface area contributed by atoms with Crippen LogP contribution in [0.15, 0.2) is 18.2 Å². The lowest BCUT2D eigenvalue weighted by atomic mass is 10.1. The molecule has 0 heterocycles. The van der Waals surface area contributed by atoms with Gasteiger partial charge in [0.25, 0.3) is 0 Å². The Morgan fingerprint density at radius 1 is 1.41 bits per heavy atom. The molecule has 1 aromatic carbocycles. The van der Waals surface area contributed by atoms with Gasteiger partial charge in [-0.15, -0.1) is 0 Å². The minimum atomic E-state index is 0.177. The molecule has 17 heavy (non-hydrogen) atoms. The molecule has 0 saturated carbocycles. The molecule has 0 aliphatic heterocycles. The molecule has 0 saturated heterocycles. The lowest BCUT2D eigenvalue weighted by Crippen LogP contribution is -2.20. The maximum atomic E-state index is 8.96. The van der Waals surface area contributed by atoms with Crippen LogP contribution in [0.1, 0.15) is 26.7 Å². The number of benzene rings is 1. The van der Waals surface area contributed by atoms with Gasteiger partial charge in [0.05, 0.1) is 18.0 Å². The van der Waals surface area contributed by atoms with Crippen molar-refractivity contribution in [2.45, 2.75) is 32.7 Å². The Labute approximate surface area is 103 Å². The Bertz CT molecular complexity index is 342. The molecule has 0 radical (unpaired) electrons. The van der Waals surface area contributed by atoms with Gasteiger partial charge in [0.1, 0.15) is 5.75 Å². The third kappa shape index (κ3) is 3.82. The van der Waals surface area contributed by atoms with E-state index in [1.165, 1.54) is 0 Å². The van der Waals surface area contributed by atoms with Crippen molar-refractivity contribution in [3.63, 3.8) is 0 Å². The minimum Gasteiger partial charge on any atom is -0.492 e. The first-order valence-electron chi connectivity index (χ1n) is 6.11. The van der Waals surface area contributed by atoms with Crippen LogP contribution in [0.5, 0.6) is 5.75 Å². The zero-order valence-corrected chi connectivity index (χ0v) is 10.6. The molecule has 1 atom stereocenters. The van der Waals surface area contributed by atoms with Gasteiger partial charge in [-0.25, -0.2) is 0 Å². The van der Waals surface area contributed by atoms with Gasteiger partial charge in [-0.1, -0.05) is 13.0 Å². The molecule has 1 rings (SSSR count). The highest BCUT2D eigenvalue weighted by atomic mass is 16.5. The summed E-state index contributed by atoms with van der Waals surface area (Å²) < 4.78 is 5.44. The van der Waals surface area contributed by atoms with Crippen LogP contribution in [-0.2, 0) is 0 Å². The van der Waals surface area contributed by atoms with Crippen molar-refractivity contribution in [3.8, 4) is 5.75 Å². The Balaban J connectivity index is 2.79. The lowest BCUT2D eigenvalue weighted by molar-refractivity contribution is 0.278. The van der Waals surface area contributed by atoms with Crippen LogP contribution < -0.4 is 15.8 Å². The number of ether oxygens (including phenoxy) is 1. The maximum absolute atomic E-state index is 8.96. The van der Waals surface area contributed by atoms with Crippen molar-refractivity contribution in [1.29, 1.82) is 0 Å². The third-order valence-corrected chi connectivity index (χ3v) is 2.70. The number of nitrogens with one attached hydrogen (secondary N) is 1. The molecular weight excluding hydrogens is 216 g/mol. The Morgan fingerprint density at radius 2 is 2.18 bits per heavy atom. The number of nitrogen functional groups attached to an aromatic ring is 1. The second-order valence-electron chi connectivity index (χ2n) is 3.91. The number of anilines is 2. The number of aliphatic hydroxyl groups excluding tert-OH is 1. The van der Waals surface area contributed by atoms with Crippen LogP contribution >= 0.6 is 0 Å². The standard InChI is InChI=1S/C13H22N2O2/c1-3-10(8-9-16)15-11-6-5-7-12(13(11)14)17-4-2/h5-7,10,15-16H,3-4,8-9,14H2,1-2H3. The molecule has 0 aliphatic rings. The molecule has 4 nitrogen and oxygen atoms in total. The number of rotatable bonds is 7. The number of aliphatic hydroxyl groups is 1. The van der Waals surface area contributed by atoms with Crippen LogP contribution in [0.2, 0.25) is 0 Å². The molecule has 96 valence electrons. The van der Waals surface area contributed by atoms with Crippen LogP contribution in [0, 0.1) is 0 Å². The van der Waals surface area contributed by atoms with E-state index in [-0.39, 0.29) is 12.6 Å². The Kier molecular flexibility index (Phi) is 5.63. The van der Waals surface area contributed by atoms with E-state index in [0.717, 1.165) is 18.5 Å². The average Bonchev–Trinajstić information content (AvgIpc) is 2.33. The molecule has 4 heteroatoms. The van der Waals surface area contributed by atoms with E-state index >= 15 is 0 Å². The summed E-state index contributed by atoms with van der Waals surface area (Å²) in [6.45, 7) is 4.79. The SMILES string of the molecule is CCOc1cccc(NC(CC)CCO)c1N. The molecule has 0 bridgehead atoms. The largest absolute Gasteiger partial charge is 0.492 e. The highest BCUT2D eigenvalue weighted by molar-refractivity contribution is 5.73. The summed E-state index contributed by atoms with van der Waals surface area (Å²) in [6.07, 6.45) is 1.66. The first-order valence-corrected chi connectivity index (χ1v) is 6.11. The van der Waals surface area contributed by atoms with Crippen LogP contribution in [0.4, 0.5) is 11.4 Å². The normalized spacial score (nSPS) is 12.2. The zero-order valence-electron chi connectivity index (χ0n) is 10.6. The highest BCUT2D eigenvalue weighted by Gasteiger charge is 2.10. The molecule has 0 amide bonds. The van der Waals surface area contributed by atoms with Crippen LogP contribution in [0.3, 0.4) is 0 Å². The van der Waals surface area contributed by atoms with Gasteiger partial charge >= 0.3 is 0 Å². The Hall–Kier alpha value is -1.42. The quantitative estimate of drug-likeness (QED) is 0.637. The molecule has 1 aromatic rings. The topological polar surface area (TPSA) is 67.5 Å². The summed E-state index contributed by atoms with van der Waals surface area (Å²) >= 11 is 0. The first kappa shape index (κ1) is 13.6. The summed E-state index contributed by atoms with van der Waals surface area (Å²) in [4.78, 5) is 0. The average molecular weight is 238 g/mol. The smallest absolute Gasteiger partial charge is 0.144 e. The van der Waals surface area contributed by atoms with Crippen LogP contribution in [-0.4, -0.2) is 24.4 Å². The second-order valence-corrected chi connectivity index (χ2v) is 3.91. The summed E-state index contributed by atoms with van der Waals surface area (Å²) in [7, 11) is 0. The lowest BCUT2D eigenvalue weighted by Gasteiger charge is -2.19. The molecule has 0 spiro atoms. The molecule has 0 aliphatic carbocycles. The number of hydrogen-bond acceptors (Lipinski definition) is 4. The van der Waals surface area contributed by atoms with Gasteiger partial charge in [0.2, 0.25) is 0 Å². The van der Waals surface area contributed by atoms with Crippen LogP contribution in [0.25, 0.3) is 0 Å². The van der Waals surface area contributed by atoms with Gasteiger partial charge in [0.15, 0.2) is 0 Å². The van der Waals surface area contributed by atoms with Crippen molar-refractivity contribution in [1.82, 2.24) is 0 Å². The van der Waals surface area contributed by atoms with E-state index < -0.39 is 0 Å². The molecule has 1 unspecified atom stereocenters. The summed E-state index contributed by atoms with van der Waals surface area (Å²) in [5.41, 5.74) is 7.52. The Morgan fingerprint density at radius 3 is 2.76 bits per heavy atom. The van der Waals surface area contributed by atoms with E-state index in [9.17, 15) is 0 Å². The highest BCUT2D eigenvalue weighted by Crippen LogP contribution is 2.30. The van der Waals surface area contributed by atoms with Crippen molar-refractivity contribution in [2.24, 2.45) is 0 Å². The van der Waals surface area contributed by atoms with Gasteiger partial charge in [-0.05, 0) is 31.9 Å². The summed E-state index contributed by atoms with van der Waals surface area (Å²) in [5.74, 6) is 0.705. The van der Waals surface area contributed by atoms with E-state index in [1.807, 2.05) is 25.1 Å². The third-order valence-electron chi connectivity index (χ3n) is 2.70. The van der Waals surface area contributed by atoms with E-state index in [2.05, 4.69) is 12.2 Å². The van der Waals surface area contributed by atoms with E-state index in [1.54, 1.807) is 0 Å². The summed E-state index contributed by atoms with van der Waals surface area (Å²) in [6, 6.07) is 5.93. The fourth-order valence-corrected chi connectivity index (χ4v) is 1.71. The second kappa shape index (κ2) is 7.01. The van der Waals surface area contributed by atoms with Gasteiger partial charge < -0.3 is 20.9 Å².